The minimum Gasteiger partial charge on any atom is -0.267 e. The Morgan fingerprint density at radius 2 is 1.45 bits per heavy atom. The summed E-state index contributed by atoms with van der Waals surface area (Å²) in [6.07, 6.45) is 0. The van der Waals surface area contributed by atoms with Crippen molar-refractivity contribution < 1.29 is 19.3 Å². The molecule has 3 amide bonds. The van der Waals surface area contributed by atoms with E-state index in [0.717, 1.165) is 5.01 Å². The van der Waals surface area contributed by atoms with E-state index in [-0.39, 0.29) is 23.2 Å². The Bertz CT molecular complexity index is 1210. The summed E-state index contributed by atoms with van der Waals surface area (Å²) in [6, 6.07) is 18.2. The molecule has 0 atom stereocenters. The van der Waals surface area contributed by atoms with Crippen LogP contribution in [0.2, 0.25) is 5.02 Å². The van der Waals surface area contributed by atoms with E-state index in [1.165, 1.54) is 36.4 Å². The lowest BCUT2D eigenvalue weighted by atomic mass is 10.1. The van der Waals surface area contributed by atoms with Crippen LogP contribution in [0.25, 0.3) is 0 Å². The molecule has 0 aliphatic carbocycles. The van der Waals surface area contributed by atoms with Crippen molar-refractivity contribution >= 4 is 35.0 Å². The van der Waals surface area contributed by atoms with Crippen molar-refractivity contribution in [1.82, 2.24) is 10.0 Å². The number of rotatable bonds is 5. The van der Waals surface area contributed by atoms with Crippen LogP contribution in [0.15, 0.2) is 72.8 Å². The van der Waals surface area contributed by atoms with Crippen molar-refractivity contribution in [1.29, 1.82) is 0 Å². The third kappa shape index (κ3) is 3.53. The predicted octanol–water partition coefficient (Wildman–Crippen LogP) is 4.10. The normalized spacial score (nSPS) is 12.6. The predicted molar refractivity (Wildman–Crippen MR) is 111 cm³/mol. The van der Waals surface area contributed by atoms with Gasteiger partial charge < -0.3 is 0 Å². The average molecular weight is 436 g/mol. The molecule has 31 heavy (non-hydrogen) atoms. The molecule has 3 aromatic carbocycles. The zero-order valence-corrected chi connectivity index (χ0v) is 16.7. The highest BCUT2D eigenvalue weighted by Crippen LogP contribution is 2.29. The first-order valence-electron chi connectivity index (χ1n) is 9.16. The number of nitro groups is 1. The SMILES string of the molecule is O=C(c1ccccc1[N+](=O)[O-])N(Cc1ccccc1Cl)N1C(=O)c2ccccc2C1=O. The van der Waals surface area contributed by atoms with Crippen LogP contribution in [0.1, 0.15) is 36.6 Å². The third-order valence-corrected chi connectivity index (χ3v) is 5.23. The van der Waals surface area contributed by atoms with E-state index in [2.05, 4.69) is 0 Å². The first-order chi connectivity index (χ1) is 14.9. The van der Waals surface area contributed by atoms with Crippen molar-refractivity contribution in [2.24, 2.45) is 0 Å². The maximum absolute atomic E-state index is 13.4. The van der Waals surface area contributed by atoms with Crippen LogP contribution in [-0.4, -0.2) is 32.7 Å². The lowest BCUT2D eigenvalue weighted by Gasteiger charge is -2.30. The quantitative estimate of drug-likeness (QED) is 0.341. The second-order valence-electron chi connectivity index (χ2n) is 6.70. The van der Waals surface area contributed by atoms with Gasteiger partial charge >= 0.3 is 0 Å². The number of carbonyl (C=O) groups is 3. The number of carbonyl (C=O) groups excluding carboxylic acids is 3. The van der Waals surface area contributed by atoms with Gasteiger partial charge in [0.1, 0.15) is 5.56 Å². The number of fused-ring (bicyclic) bond motifs is 1. The van der Waals surface area contributed by atoms with Crippen LogP contribution < -0.4 is 0 Å². The fraction of sp³-hybridized carbons (Fsp3) is 0.0455. The molecule has 0 bridgehead atoms. The lowest BCUT2D eigenvalue weighted by Crippen LogP contribution is -2.49. The van der Waals surface area contributed by atoms with Gasteiger partial charge in [-0.25, -0.2) is 5.01 Å². The lowest BCUT2D eigenvalue weighted by molar-refractivity contribution is -0.385. The third-order valence-electron chi connectivity index (χ3n) is 4.86. The van der Waals surface area contributed by atoms with Crippen molar-refractivity contribution in [2.75, 3.05) is 0 Å². The van der Waals surface area contributed by atoms with Crippen LogP contribution >= 0.6 is 11.6 Å². The largest absolute Gasteiger partial charge is 0.282 e. The summed E-state index contributed by atoms with van der Waals surface area (Å²) >= 11 is 6.23. The summed E-state index contributed by atoms with van der Waals surface area (Å²) in [5, 5.41) is 13.4. The fourth-order valence-electron chi connectivity index (χ4n) is 3.37. The van der Waals surface area contributed by atoms with Crippen LogP contribution in [0, 0.1) is 10.1 Å². The summed E-state index contributed by atoms with van der Waals surface area (Å²) in [5.41, 5.74) is 0.0658. The second-order valence-corrected chi connectivity index (χ2v) is 7.10. The molecule has 0 saturated heterocycles. The molecule has 0 unspecified atom stereocenters. The highest BCUT2D eigenvalue weighted by atomic mass is 35.5. The van der Waals surface area contributed by atoms with Crippen molar-refractivity contribution in [3.05, 3.63) is 110 Å². The van der Waals surface area contributed by atoms with E-state index in [4.69, 9.17) is 11.6 Å². The topological polar surface area (TPSA) is 101 Å². The van der Waals surface area contributed by atoms with Gasteiger partial charge in [-0.3, -0.25) is 24.5 Å². The summed E-state index contributed by atoms with van der Waals surface area (Å²) in [6.45, 7) is -0.240. The van der Waals surface area contributed by atoms with Gasteiger partial charge in [-0.2, -0.15) is 5.01 Å². The van der Waals surface area contributed by atoms with E-state index >= 15 is 0 Å². The zero-order chi connectivity index (χ0) is 22.1. The molecule has 154 valence electrons. The van der Waals surface area contributed by atoms with Crippen LogP contribution in [0.3, 0.4) is 0 Å². The highest BCUT2D eigenvalue weighted by Gasteiger charge is 2.42. The van der Waals surface area contributed by atoms with Crippen LogP contribution in [0.5, 0.6) is 0 Å². The number of imide groups is 1. The maximum Gasteiger partial charge on any atom is 0.282 e. The van der Waals surface area contributed by atoms with Gasteiger partial charge in [0.25, 0.3) is 23.4 Å². The molecule has 0 radical (unpaired) electrons. The fourth-order valence-corrected chi connectivity index (χ4v) is 3.57. The number of hydrazine groups is 1. The number of amides is 3. The minimum atomic E-state index is -0.873. The molecule has 1 aliphatic rings. The number of nitrogens with zero attached hydrogens (tertiary/aromatic N) is 3. The smallest absolute Gasteiger partial charge is 0.267 e. The Balaban J connectivity index is 1.83. The van der Waals surface area contributed by atoms with Gasteiger partial charge in [0, 0.05) is 11.1 Å². The molecule has 0 saturated carbocycles. The minimum absolute atomic E-state index is 0.145. The molecular weight excluding hydrogens is 422 g/mol. The maximum atomic E-state index is 13.4. The zero-order valence-electron chi connectivity index (χ0n) is 15.9. The van der Waals surface area contributed by atoms with Crippen LogP contribution in [0.4, 0.5) is 5.69 Å². The monoisotopic (exact) mass is 435 g/mol. The van der Waals surface area contributed by atoms with Gasteiger partial charge in [-0.1, -0.05) is 54.1 Å². The number of halogens is 1. The van der Waals surface area contributed by atoms with E-state index in [1.54, 1.807) is 36.4 Å². The van der Waals surface area contributed by atoms with Crippen molar-refractivity contribution in [3.63, 3.8) is 0 Å². The Morgan fingerprint density at radius 3 is 2.06 bits per heavy atom. The van der Waals surface area contributed by atoms with Crippen molar-refractivity contribution in [3.8, 4) is 0 Å². The Labute approximate surface area is 181 Å². The van der Waals surface area contributed by atoms with Crippen molar-refractivity contribution in [2.45, 2.75) is 6.54 Å². The molecule has 0 N–H and O–H groups in total. The van der Waals surface area contributed by atoms with E-state index in [9.17, 15) is 24.5 Å². The number of hydrogen-bond donors (Lipinski definition) is 0. The molecule has 0 fully saturated rings. The van der Waals surface area contributed by atoms with Gasteiger partial charge in [-0.05, 0) is 29.8 Å². The van der Waals surface area contributed by atoms with Gasteiger partial charge in [0.05, 0.1) is 22.6 Å². The van der Waals surface area contributed by atoms with Gasteiger partial charge in [0.2, 0.25) is 0 Å². The summed E-state index contributed by atoms with van der Waals surface area (Å²) in [7, 11) is 0. The molecule has 0 aromatic heterocycles. The Kier molecular flexibility index (Phi) is 5.22. The molecule has 1 heterocycles. The molecule has 0 spiro atoms. The Morgan fingerprint density at radius 1 is 0.903 bits per heavy atom. The molecule has 1 aliphatic heterocycles. The first kappa shape index (κ1) is 20.2. The molecule has 3 aromatic rings. The number of hydrogen-bond acceptors (Lipinski definition) is 5. The molecular formula is C22H14ClN3O5. The molecule has 4 rings (SSSR count). The van der Waals surface area contributed by atoms with E-state index in [1.807, 2.05) is 0 Å². The number of nitro benzene ring substituents is 1. The summed E-state index contributed by atoms with van der Waals surface area (Å²) < 4.78 is 0. The first-order valence-corrected chi connectivity index (χ1v) is 9.54. The molecule has 8 nitrogen and oxygen atoms in total. The number of benzene rings is 3. The highest BCUT2D eigenvalue weighted by molar-refractivity contribution is 6.31. The molecule has 9 heteroatoms. The Hall–Kier alpha value is -4.04. The van der Waals surface area contributed by atoms with Crippen LogP contribution in [-0.2, 0) is 6.54 Å². The number of para-hydroxylation sites is 1. The summed E-state index contributed by atoms with van der Waals surface area (Å²) in [4.78, 5) is 50.3. The van der Waals surface area contributed by atoms with Gasteiger partial charge in [-0.15, -0.1) is 0 Å². The standard InChI is InChI=1S/C22H14ClN3O5/c23-18-11-5-1-7-14(18)13-24(20(27)17-10-4-6-12-19(17)26(30)31)25-21(28)15-8-2-3-9-16(15)22(25)29/h1-12H,13H2. The average Bonchev–Trinajstić information content (AvgIpc) is 3.03. The van der Waals surface area contributed by atoms with E-state index < -0.39 is 28.3 Å². The van der Waals surface area contributed by atoms with E-state index in [0.29, 0.717) is 15.6 Å². The van der Waals surface area contributed by atoms with Gasteiger partial charge in [0.15, 0.2) is 0 Å². The second kappa shape index (κ2) is 8.00. The summed E-state index contributed by atoms with van der Waals surface area (Å²) in [5.74, 6) is -2.26.